The summed E-state index contributed by atoms with van der Waals surface area (Å²) in [4.78, 5) is 96.5. The van der Waals surface area contributed by atoms with Crippen LogP contribution in [0.1, 0.15) is 92.5 Å². The van der Waals surface area contributed by atoms with Crippen LogP contribution in [0.2, 0.25) is 0 Å². The molecule has 0 spiro atoms. The molecule has 0 saturated carbocycles. The third-order valence-electron chi connectivity index (χ3n) is 14.7. The monoisotopic (exact) mass is 1240 g/mol. The highest BCUT2D eigenvalue weighted by molar-refractivity contribution is 6.07. The van der Waals surface area contributed by atoms with E-state index in [0.717, 1.165) is 33.9 Å². The smallest absolute Gasteiger partial charge is 0.416 e. The highest BCUT2D eigenvalue weighted by Gasteiger charge is 2.45. The second-order valence-corrected chi connectivity index (χ2v) is 21.0. The second-order valence-electron chi connectivity index (χ2n) is 21.0. The number of benzene rings is 3. The van der Waals surface area contributed by atoms with Crippen LogP contribution < -0.4 is 51.0 Å². The Bertz CT molecular complexity index is 3080. The molecule has 7 amide bonds. The molecule has 1 unspecified atom stereocenters. The first-order valence-corrected chi connectivity index (χ1v) is 29.8. The van der Waals surface area contributed by atoms with Crippen molar-refractivity contribution in [1.82, 2.24) is 25.4 Å². The lowest BCUT2D eigenvalue weighted by Gasteiger charge is -2.31. The Hall–Kier alpha value is -8.53. The Balaban J connectivity index is 0.864. The molecule has 26 nitrogen and oxygen atoms in total. The zero-order valence-corrected chi connectivity index (χ0v) is 51.4. The maximum atomic E-state index is 14.4. The molecule has 4 aliphatic rings. The molecule has 4 heterocycles. The second kappa shape index (κ2) is 34.3. The van der Waals surface area contributed by atoms with Crippen LogP contribution in [-0.4, -0.2) is 186 Å². The number of anilines is 3. The molecule has 0 aliphatic carbocycles. The number of nitrogens with zero attached hydrogens (tertiary/aromatic N) is 4. The summed E-state index contributed by atoms with van der Waals surface area (Å²) in [6.07, 6.45) is 11.2. The Morgan fingerprint density at radius 2 is 1.31 bits per heavy atom. The Kier molecular flexibility index (Phi) is 26.2. The van der Waals surface area contributed by atoms with Crippen LogP contribution in [0.5, 0.6) is 23.0 Å². The fourth-order valence-electron chi connectivity index (χ4n) is 10.0. The first-order valence-electron chi connectivity index (χ1n) is 29.8. The van der Waals surface area contributed by atoms with Crippen LogP contribution in [0.4, 0.5) is 21.9 Å². The van der Waals surface area contributed by atoms with E-state index in [1.165, 1.54) is 38.2 Å². The van der Waals surface area contributed by atoms with Crippen LogP contribution in [-0.2, 0) is 49.5 Å². The number of methoxy groups -OCH3 is 2. The first-order chi connectivity index (χ1) is 43.1. The van der Waals surface area contributed by atoms with Crippen molar-refractivity contribution in [3.8, 4) is 23.0 Å². The third-order valence-corrected chi connectivity index (χ3v) is 14.7. The number of amides is 7. The van der Waals surface area contributed by atoms with Gasteiger partial charge >= 0.3 is 6.09 Å². The standard InChI is InChI=1S/C63H83N9O17/c1-7-11-43-30-46-36-66-49-34-54(52(81-5)32-47(49)60(77)69(46)38-43)87-20-10-21-88-55-35-50-48(33-53(55)82-6)61(78)70-39-44(12-8-2)31-51(70)62(79)71(50)63(80)89-40-42-14-16-45(17-15-42)68-59(76)41(4)72(64)58(75)37-67-57(74)18-22-83-24-26-85-28-29-86-27-25-84-23-19-65-56(73)13-9-3/h7-8,11-12,14-17,32-35,38-39,41,46,51,62,66,79H,9-10,13,18-31,36-37,40,64H2,1-6H3,(H,65,73)(H,67,74)(H,68,76)/b11-7+,12-8+/t41-,46?,51-,62-/m0/s1. The normalized spacial score (nSPS) is 17.1. The quantitative estimate of drug-likeness (QED) is 0.0191. The lowest BCUT2D eigenvalue weighted by molar-refractivity contribution is -0.138. The number of allylic oxidation sites excluding steroid dienone is 4. The van der Waals surface area contributed by atoms with E-state index in [4.69, 9.17) is 48.5 Å². The van der Waals surface area contributed by atoms with E-state index in [0.29, 0.717) is 93.0 Å². The van der Waals surface area contributed by atoms with Crippen molar-refractivity contribution in [1.29, 1.82) is 0 Å². The van der Waals surface area contributed by atoms with Gasteiger partial charge in [-0.2, -0.15) is 0 Å². The molecule has 0 bridgehead atoms. The van der Waals surface area contributed by atoms with Gasteiger partial charge in [-0.3, -0.25) is 33.8 Å². The van der Waals surface area contributed by atoms with E-state index in [9.17, 15) is 38.7 Å². The lowest BCUT2D eigenvalue weighted by atomic mass is 10.1. The lowest BCUT2D eigenvalue weighted by Crippen LogP contribution is -2.53. The number of carbonyl (C=O) groups excluding carboxylic acids is 7. The Morgan fingerprint density at radius 3 is 1.96 bits per heavy atom. The number of nitrogens with one attached hydrogen (secondary N) is 4. The molecule has 3 aromatic rings. The number of ether oxygens (including phenoxy) is 9. The van der Waals surface area contributed by atoms with Gasteiger partial charge in [0.05, 0.1) is 121 Å². The number of hydrogen-bond donors (Lipinski definition) is 6. The Labute approximate surface area is 518 Å². The van der Waals surface area contributed by atoms with Crippen molar-refractivity contribution in [2.75, 3.05) is 115 Å². The summed E-state index contributed by atoms with van der Waals surface area (Å²) < 4.78 is 51.3. The van der Waals surface area contributed by atoms with E-state index in [-0.39, 0.29) is 93.1 Å². The molecule has 3 aromatic carbocycles. The van der Waals surface area contributed by atoms with Crippen molar-refractivity contribution in [3.05, 3.63) is 113 Å². The van der Waals surface area contributed by atoms with E-state index >= 15 is 0 Å². The average molecular weight is 1240 g/mol. The summed E-state index contributed by atoms with van der Waals surface area (Å²) >= 11 is 0. The van der Waals surface area contributed by atoms with E-state index in [2.05, 4.69) is 21.3 Å². The minimum Gasteiger partial charge on any atom is -0.493 e. The topological polar surface area (TPSA) is 310 Å². The number of nitrogens with two attached hydrogens (primary N) is 1. The summed E-state index contributed by atoms with van der Waals surface area (Å²) in [7, 11) is 2.93. The number of aliphatic hydroxyl groups is 1. The van der Waals surface area contributed by atoms with Crippen LogP contribution >= 0.6 is 0 Å². The molecule has 482 valence electrons. The summed E-state index contributed by atoms with van der Waals surface area (Å²) in [6.45, 7) is 10.2. The number of hydrazine groups is 1. The molecule has 89 heavy (non-hydrogen) atoms. The predicted molar refractivity (Wildman–Crippen MR) is 328 cm³/mol. The molecule has 7 N–H and O–H groups in total. The number of fused-ring (bicyclic) bond motifs is 4. The molecule has 4 aliphatic heterocycles. The predicted octanol–water partition coefficient (Wildman–Crippen LogP) is 5.32. The summed E-state index contributed by atoms with van der Waals surface area (Å²) in [5, 5.41) is 24.1. The summed E-state index contributed by atoms with van der Waals surface area (Å²) in [5.74, 6) is 4.78. The van der Waals surface area contributed by atoms with Crippen LogP contribution in [0.3, 0.4) is 0 Å². The molecule has 0 fully saturated rings. The fourth-order valence-corrected chi connectivity index (χ4v) is 10.0. The van der Waals surface area contributed by atoms with E-state index in [1.54, 1.807) is 47.5 Å². The number of carbonyl (C=O) groups is 7. The van der Waals surface area contributed by atoms with E-state index in [1.807, 2.05) is 51.3 Å². The van der Waals surface area contributed by atoms with Gasteiger partial charge in [0.15, 0.2) is 29.2 Å². The molecular weight excluding hydrogens is 1150 g/mol. The van der Waals surface area contributed by atoms with Crippen LogP contribution in [0.25, 0.3) is 0 Å². The van der Waals surface area contributed by atoms with Crippen molar-refractivity contribution in [2.45, 2.75) is 97.2 Å². The van der Waals surface area contributed by atoms with Gasteiger partial charge in [0, 0.05) is 62.6 Å². The van der Waals surface area contributed by atoms with Gasteiger partial charge in [-0.1, -0.05) is 43.4 Å². The molecule has 0 radical (unpaired) electrons. The highest BCUT2D eigenvalue weighted by atomic mass is 16.6. The van der Waals surface area contributed by atoms with Crippen molar-refractivity contribution < 1.29 is 81.3 Å². The maximum absolute atomic E-state index is 14.4. The van der Waals surface area contributed by atoms with Gasteiger partial charge in [-0.05, 0) is 81.0 Å². The van der Waals surface area contributed by atoms with Gasteiger partial charge in [0.1, 0.15) is 12.6 Å². The van der Waals surface area contributed by atoms with Gasteiger partial charge < -0.3 is 78.8 Å². The van der Waals surface area contributed by atoms with Crippen LogP contribution in [0.15, 0.2) is 96.4 Å². The van der Waals surface area contributed by atoms with Crippen molar-refractivity contribution in [3.63, 3.8) is 0 Å². The van der Waals surface area contributed by atoms with E-state index < -0.39 is 54.6 Å². The number of aliphatic hydroxyl groups excluding tert-OH is 1. The highest BCUT2D eigenvalue weighted by Crippen LogP contribution is 2.43. The molecular formula is C63H83N9O17. The minimum atomic E-state index is -1.58. The largest absolute Gasteiger partial charge is 0.493 e. The van der Waals surface area contributed by atoms with Gasteiger partial charge in [0.25, 0.3) is 17.7 Å². The molecule has 0 aromatic heterocycles. The number of rotatable bonds is 34. The Morgan fingerprint density at radius 1 is 0.730 bits per heavy atom. The van der Waals surface area contributed by atoms with Crippen LogP contribution in [0, 0.1) is 0 Å². The maximum Gasteiger partial charge on any atom is 0.416 e. The zero-order chi connectivity index (χ0) is 63.8. The molecule has 4 atom stereocenters. The van der Waals surface area contributed by atoms with Gasteiger partial charge in [-0.15, -0.1) is 0 Å². The third kappa shape index (κ3) is 18.8. The molecule has 26 heteroatoms. The SMILES string of the molecule is C/C=C/C1=CN2C(=O)c3cc(OC)c(OCCCOc4cc5c(cc4OC)C(=O)N4C=C(/C=C/C)C[C@H]4[C@H](O)N5C(=O)OCc4ccc(NC(=O)[C@H](C)N(N)C(=O)CNC(=O)CCOCCOCCOCCOCCNC(=O)CCC)cc4)cc3NCC2C1. The van der Waals surface area contributed by atoms with Crippen molar-refractivity contribution >= 4 is 58.6 Å². The molecule has 7 rings (SSSR count). The molecule has 0 saturated heterocycles. The zero-order valence-electron chi connectivity index (χ0n) is 51.4. The summed E-state index contributed by atoms with van der Waals surface area (Å²) in [5.41, 5.74) is 3.84. The average Bonchev–Trinajstić information content (AvgIpc) is 1.97. The minimum absolute atomic E-state index is 0.00835. The van der Waals surface area contributed by atoms with Gasteiger partial charge in [0.2, 0.25) is 17.7 Å². The number of hydrogen-bond acceptors (Lipinski definition) is 19. The van der Waals surface area contributed by atoms with Crippen molar-refractivity contribution in [2.24, 2.45) is 5.84 Å². The fraction of sp³-hybridized carbons (Fsp3) is 0.476. The van der Waals surface area contributed by atoms with Gasteiger partial charge in [-0.25, -0.2) is 15.5 Å². The first kappa shape index (κ1) is 68.0. The summed E-state index contributed by atoms with van der Waals surface area (Å²) in [6, 6.07) is 10.6.